The third-order valence-corrected chi connectivity index (χ3v) is 3.67. The van der Waals surface area contributed by atoms with Crippen LogP contribution in [0.15, 0.2) is 53.3 Å². The van der Waals surface area contributed by atoms with Crippen molar-refractivity contribution >= 4 is 21.5 Å². The molecule has 1 heteroatoms. The third-order valence-electron chi connectivity index (χ3n) is 3.67. The Morgan fingerprint density at radius 2 is 1.42 bits per heavy atom. The van der Waals surface area contributed by atoms with E-state index in [1.165, 1.54) is 5.56 Å². The number of rotatable bonds is 1. The van der Waals surface area contributed by atoms with Gasteiger partial charge in [0.15, 0.2) is 5.43 Å². The Hall–Kier alpha value is -2.15. The van der Waals surface area contributed by atoms with E-state index >= 15 is 0 Å². The zero-order chi connectivity index (χ0) is 13.4. The molecule has 3 rings (SSSR count). The van der Waals surface area contributed by atoms with Crippen molar-refractivity contribution in [2.45, 2.75) is 20.3 Å². The summed E-state index contributed by atoms with van der Waals surface area (Å²) in [5.41, 5.74) is 2.46. The molecule has 0 unspecified atom stereocenters. The molecule has 0 aliphatic heterocycles. The molecule has 3 aromatic rings. The van der Waals surface area contributed by atoms with Crippen LogP contribution in [0.4, 0.5) is 0 Å². The zero-order valence-corrected chi connectivity index (χ0v) is 11.2. The summed E-state index contributed by atoms with van der Waals surface area (Å²) in [6, 6.07) is 16.3. The first kappa shape index (κ1) is 11.9. The van der Waals surface area contributed by atoms with E-state index in [0.717, 1.165) is 33.5 Å². The highest BCUT2D eigenvalue weighted by atomic mass is 16.1. The van der Waals surface area contributed by atoms with Crippen molar-refractivity contribution in [1.29, 1.82) is 0 Å². The van der Waals surface area contributed by atoms with Gasteiger partial charge in [-0.25, -0.2) is 0 Å². The van der Waals surface area contributed by atoms with Gasteiger partial charge in [0.1, 0.15) is 0 Å². The first-order valence-electron chi connectivity index (χ1n) is 6.65. The molecule has 0 aliphatic carbocycles. The average Bonchev–Trinajstić information content (AvgIpc) is 2.57. The van der Waals surface area contributed by atoms with Crippen LogP contribution in [-0.2, 0) is 6.42 Å². The molecule has 0 atom stereocenters. The van der Waals surface area contributed by atoms with Gasteiger partial charge in [0.2, 0.25) is 0 Å². The van der Waals surface area contributed by atoms with E-state index in [2.05, 4.69) is 13.0 Å². The second kappa shape index (κ2) is 4.51. The summed E-state index contributed by atoms with van der Waals surface area (Å²) in [4.78, 5) is 12.7. The molecule has 0 heterocycles. The highest BCUT2D eigenvalue weighted by Gasteiger charge is 2.03. The normalized spacial score (nSPS) is 11.1. The van der Waals surface area contributed by atoms with Gasteiger partial charge < -0.3 is 0 Å². The fourth-order valence-electron chi connectivity index (χ4n) is 2.50. The van der Waals surface area contributed by atoms with Gasteiger partial charge in [0, 0.05) is 10.8 Å². The Kier molecular flexibility index (Phi) is 2.83. The van der Waals surface area contributed by atoms with Crippen molar-refractivity contribution in [1.82, 2.24) is 0 Å². The van der Waals surface area contributed by atoms with Crippen LogP contribution in [0, 0.1) is 6.92 Å². The van der Waals surface area contributed by atoms with E-state index < -0.39 is 0 Å². The summed E-state index contributed by atoms with van der Waals surface area (Å²) >= 11 is 0. The smallest absolute Gasteiger partial charge is 0.194 e. The summed E-state index contributed by atoms with van der Waals surface area (Å²) in [6.45, 7) is 4.13. The number of fused-ring (bicyclic) bond motifs is 2. The highest BCUT2D eigenvalue weighted by molar-refractivity contribution is 5.93. The van der Waals surface area contributed by atoms with Crippen LogP contribution in [-0.4, -0.2) is 0 Å². The minimum Gasteiger partial charge on any atom is -0.289 e. The Morgan fingerprint density at radius 1 is 0.842 bits per heavy atom. The van der Waals surface area contributed by atoms with Crippen LogP contribution in [0.2, 0.25) is 0 Å². The lowest BCUT2D eigenvalue weighted by Gasteiger charge is -1.97. The predicted octanol–water partition coefficient (Wildman–Crippen LogP) is 4.22. The lowest BCUT2D eigenvalue weighted by atomic mass is 10.1. The van der Waals surface area contributed by atoms with Crippen molar-refractivity contribution in [2.24, 2.45) is 0 Å². The lowest BCUT2D eigenvalue weighted by molar-refractivity contribution is 1.15. The first-order chi connectivity index (χ1) is 9.19. The fourth-order valence-corrected chi connectivity index (χ4v) is 2.50. The Bertz CT molecular complexity index is 831. The summed E-state index contributed by atoms with van der Waals surface area (Å²) in [5.74, 6) is 0. The number of hydrogen-bond acceptors (Lipinski definition) is 1. The van der Waals surface area contributed by atoms with Crippen LogP contribution in [0.1, 0.15) is 18.1 Å². The van der Waals surface area contributed by atoms with Gasteiger partial charge in [0.25, 0.3) is 0 Å². The minimum atomic E-state index is 0.133. The van der Waals surface area contributed by atoms with Gasteiger partial charge in [-0.3, -0.25) is 4.79 Å². The Labute approximate surface area is 112 Å². The molecule has 0 bridgehead atoms. The van der Waals surface area contributed by atoms with Crippen LogP contribution in [0.5, 0.6) is 0 Å². The number of hydrogen-bond donors (Lipinski definition) is 0. The highest BCUT2D eigenvalue weighted by Crippen LogP contribution is 2.18. The van der Waals surface area contributed by atoms with Gasteiger partial charge in [-0.1, -0.05) is 48.9 Å². The zero-order valence-electron chi connectivity index (χ0n) is 11.2. The van der Waals surface area contributed by atoms with Crippen LogP contribution >= 0.6 is 0 Å². The molecule has 0 saturated carbocycles. The molecule has 0 N–H and O–H groups in total. The lowest BCUT2D eigenvalue weighted by Crippen LogP contribution is -1.99. The predicted molar refractivity (Wildman–Crippen MR) is 81.8 cm³/mol. The number of aryl methyl sites for hydroxylation is 2. The first-order valence-corrected chi connectivity index (χ1v) is 6.65. The topological polar surface area (TPSA) is 17.1 Å². The molecule has 0 radical (unpaired) electrons. The SMILES string of the molecule is CCc1ccc2ccc3ccc(C)cc3c(=O)c2c1. The molecule has 0 amide bonds. The van der Waals surface area contributed by atoms with E-state index in [9.17, 15) is 4.79 Å². The van der Waals surface area contributed by atoms with Gasteiger partial charge in [-0.05, 0) is 41.8 Å². The van der Waals surface area contributed by atoms with Gasteiger partial charge >= 0.3 is 0 Å². The monoisotopic (exact) mass is 248 g/mol. The molecule has 0 saturated heterocycles. The Morgan fingerprint density at radius 3 is 2.11 bits per heavy atom. The molecule has 0 spiro atoms. The maximum Gasteiger partial charge on any atom is 0.194 e. The fraction of sp³-hybridized carbons (Fsp3) is 0.167. The van der Waals surface area contributed by atoms with Crippen molar-refractivity contribution < 1.29 is 0 Å². The summed E-state index contributed by atoms with van der Waals surface area (Å²) in [7, 11) is 0. The van der Waals surface area contributed by atoms with Gasteiger partial charge in [0.05, 0.1) is 0 Å². The van der Waals surface area contributed by atoms with E-state index in [4.69, 9.17) is 0 Å². The summed E-state index contributed by atoms with van der Waals surface area (Å²) in [6.07, 6.45) is 0.949. The van der Waals surface area contributed by atoms with E-state index in [-0.39, 0.29) is 5.43 Å². The molecule has 1 nitrogen and oxygen atoms in total. The van der Waals surface area contributed by atoms with Crippen LogP contribution < -0.4 is 5.43 Å². The molecule has 0 aliphatic rings. The standard InChI is InChI=1S/C18H16O/c1-3-13-5-7-15-9-8-14-6-4-12(2)10-16(14)18(19)17(15)11-13/h4-11H,3H2,1-2H3. The van der Waals surface area contributed by atoms with Gasteiger partial charge in [-0.2, -0.15) is 0 Å². The van der Waals surface area contributed by atoms with E-state index in [1.807, 2.05) is 49.4 Å². The maximum absolute atomic E-state index is 12.7. The minimum absolute atomic E-state index is 0.133. The summed E-state index contributed by atoms with van der Waals surface area (Å²) < 4.78 is 0. The van der Waals surface area contributed by atoms with Crippen molar-refractivity contribution in [3.8, 4) is 0 Å². The molecule has 19 heavy (non-hydrogen) atoms. The summed E-state index contributed by atoms with van der Waals surface area (Å²) in [5, 5.41) is 3.64. The molecular formula is C18H16O. The van der Waals surface area contributed by atoms with E-state index in [0.29, 0.717) is 0 Å². The molecule has 0 aromatic heterocycles. The average molecular weight is 248 g/mol. The second-order valence-corrected chi connectivity index (χ2v) is 5.03. The maximum atomic E-state index is 12.7. The molecular weight excluding hydrogens is 232 g/mol. The van der Waals surface area contributed by atoms with Crippen molar-refractivity contribution in [3.05, 3.63) is 69.9 Å². The molecule has 3 aromatic carbocycles. The molecule has 0 fully saturated rings. The van der Waals surface area contributed by atoms with Crippen molar-refractivity contribution in [2.75, 3.05) is 0 Å². The van der Waals surface area contributed by atoms with E-state index in [1.54, 1.807) is 0 Å². The third kappa shape index (κ3) is 2.01. The molecule has 94 valence electrons. The van der Waals surface area contributed by atoms with Crippen molar-refractivity contribution in [3.63, 3.8) is 0 Å². The number of benzene rings is 2. The quantitative estimate of drug-likeness (QED) is 0.630. The Balaban J connectivity index is 2.55. The largest absolute Gasteiger partial charge is 0.289 e. The van der Waals surface area contributed by atoms with Crippen LogP contribution in [0.25, 0.3) is 21.5 Å². The second-order valence-electron chi connectivity index (χ2n) is 5.03. The van der Waals surface area contributed by atoms with Gasteiger partial charge in [-0.15, -0.1) is 0 Å². The van der Waals surface area contributed by atoms with Crippen LogP contribution in [0.3, 0.4) is 0 Å².